The molecule has 1 aliphatic rings. The summed E-state index contributed by atoms with van der Waals surface area (Å²) in [4.78, 5) is 6.61. The Morgan fingerprint density at radius 1 is 1.32 bits per heavy atom. The van der Waals surface area contributed by atoms with Crippen LogP contribution in [0, 0.1) is 0 Å². The summed E-state index contributed by atoms with van der Waals surface area (Å²) in [7, 11) is 0. The fourth-order valence-electron chi connectivity index (χ4n) is 2.12. The van der Waals surface area contributed by atoms with Crippen molar-refractivity contribution in [2.75, 3.05) is 31.5 Å². The van der Waals surface area contributed by atoms with Gasteiger partial charge >= 0.3 is 0 Å². The quantitative estimate of drug-likeness (QED) is 0.836. The van der Waals surface area contributed by atoms with Crippen molar-refractivity contribution in [3.05, 3.63) is 23.4 Å². The Bertz CT molecular complexity index is 404. The highest BCUT2D eigenvalue weighted by Gasteiger charge is 2.09. The van der Waals surface area contributed by atoms with Gasteiger partial charge < -0.3 is 15.5 Å². The molecule has 0 amide bonds. The van der Waals surface area contributed by atoms with E-state index in [4.69, 9.17) is 23.8 Å². The molecule has 104 valence electrons. The van der Waals surface area contributed by atoms with Crippen molar-refractivity contribution >= 4 is 34.7 Å². The molecule has 0 radical (unpaired) electrons. The van der Waals surface area contributed by atoms with Crippen LogP contribution in [0.3, 0.4) is 0 Å². The van der Waals surface area contributed by atoms with Crippen LogP contribution in [0.1, 0.15) is 19.3 Å². The van der Waals surface area contributed by atoms with Gasteiger partial charge in [0.15, 0.2) is 5.11 Å². The monoisotopic (exact) mass is 298 g/mol. The number of anilines is 1. The topological polar surface area (TPSA) is 40.2 Å². The van der Waals surface area contributed by atoms with Crippen LogP contribution in [-0.2, 0) is 0 Å². The number of hydrogen-bond acceptors (Lipinski definition) is 3. The Labute approximate surface area is 124 Å². The van der Waals surface area contributed by atoms with E-state index in [1.165, 1.54) is 32.4 Å². The minimum Gasteiger partial charge on any atom is -0.361 e. The molecule has 0 spiro atoms. The number of nitrogens with zero attached hydrogens (tertiary/aromatic N) is 2. The molecule has 0 atom stereocenters. The van der Waals surface area contributed by atoms with Gasteiger partial charge in [0.25, 0.3) is 0 Å². The zero-order valence-electron chi connectivity index (χ0n) is 10.9. The second-order valence-corrected chi connectivity index (χ2v) is 5.49. The van der Waals surface area contributed by atoms with E-state index in [1.54, 1.807) is 18.3 Å². The molecular weight excluding hydrogens is 280 g/mol. The van der Waals surface area contributed by atoms with Crippen molar-refractivity contribution in [1.29, 1.82) is 0 Å². The highest BCUT2D eigenvalue weighted by Crippen LogP contribution is 2.09. The third-order valence-corrected chi connectivity index (χ3v) is 3.60. The molecule has 1 aliphatic heterocycles. The molecule has 2 heterocycles. The van der Waals surface area contributed by atoms with Gasteiger partial charge in [-0.05, 0) is 50.3 Å². The lowest BCUT2D eigenvalue weighted by Gasteiger charge is -2.26. The number of hydrogen-bond donors (Lipinski definition) is 2. The predicted molar refractivity (Wildman–Crippen MR) is 83.8 cm³/mol. The number of rotatable bonds is 4. The molecule has 1 fully saturated rings. The number of halogens is 1. The Morgan fingerprint density at radius 2 is 2.11 bits per heavy atom. The van der Waals surface area contributed by atoms with Gasteiger partial charge in [-0.15, -0.1) is 0 Å². The summed E-state index contributed by atoms with van der Waals surface area (Å²) in [5.41, 5.74) is 0. The minimum absolute atomic E-state index is 0.604. The molecule has 2 N–H and O–H groups in total. The smallest absolute Gasteiger partial charge is 0.171 e. The van der Waals surface area contributed by atoms with Crippen molar-refractivity contribution in [3.63, 3.8) is 0 Å². The summed E-state index contributed by atoms with van der Waals surface area (Å²) >= 11 is 11.0. The van der Waals surface area contributed by atoms with Crippen molar-refractivity contribution in [2.45, 2.75) is 19.3 Å². The molecule has 1 saturated heterocycles. The van der Waals surface area contributed by atoms with E-state index >= 15 is 0 Å². The average molecular weight is 299 g/mol. The van der Waals surface area contributed by atoms with Crippen molar-refractivity contribution in [3.8, 4) is 0 Å². The fourth-order valence-corrected chi connectivity index (χ4v) is 2.44. The first-order valence-corrected chi connectivity index (χ1v) is 7.41. The summed E-state index contributed by atoms with van der Waals surface area (Å²) in [6.07, 6.45) is 5.60. The van der Waals surface area contributed by atoms with Gasteiger partial charge in [-0.25, -0.2) is 4.98 Å². The maximum absolute atomic E-state index is 5.77. The first-order valence-electron chi connectivity index (χ1n) is 6.63. The van der Waals surface area contributed by atoms with Gasteiger partial charge in [-0.2, -0.15) is 0 Å². The molecule has 1 aromatic rings. The van der Waals surface area contributed by atoms with Crippen LogP contribution in [0.5, 0.6) is 0 Å². The van der Waals surface area contributed by atoms with Gasteiger partial charge in [0.2, 0.25) is 0 Å². The SMILES string of the molecule is S=C(NCCN1CCCCC1)Nc1ccc(Cl)cn1. The first kappa shape index (κ1) is 14.5. The van der Waals surface area contributed by atoms with Gasteiger partial charge in [-0.3, -0.25) is 0 Å². The molecule has 0 saturated carbocycles. The van der Waals surface area contributed by atoms with Gasteiger partial charge in [0.1, 0.15) is 5.82 Å². The van der Waals surface area contributed by atoms with E-state index in [0.717, 1.165) is 13.1 Å². The lowest BCUT2D eigenvalue weighted by Crippen LogP contribution is -2.39. The highest BCUT2D eigenvalue weighted by molar-refractivity contribution is 7.80. The molecule has 4 nitrogen and oxygen atoms in total. The molecule has 0 unspecified atom stereocenters. The van der Waals surface area contributed by atoms with Crippen LogP contribution >= 0.6 is 23.8 Å². The Morgan fingerprint density at radius 3 is 2.79 bits per heavy atom. The Hall–Kier alpha value is -0.910. The molecule has 0 aromatic carbocycles. The lowest BCUT2D eigenvalue weighted by molar-refractivity contribution is 0.232. The number of likely N-dealkylation sites (tertiary alicyclic amines) is 1. The molecule has 19 heavy (non-hydrogen) atoms. The van der Waals surface area contributed by atoms with Gasteiger partial charge in [0.05, 0.1) is 5.02 Å². The first-order chi connectivity index (χ1) is 9.24. The number of pyridine rings is 1. The summed E-state index contributed by atoms with van der Waals surface area (Å²) in [6.45, 7) is 4.32. The molecule has 1 aromatic heterocycles. The van der Waals surface area contributed by atoms with E-state index in [2.05, 4.69) is 20.5 Å². The zero-order valence-corrected chi connectivity index (χ0v) is 12.4. The summed E-state index contributed by atoms with van der Waals surface area (Å²) < 4.78 is 0. The van der Waals surface area contributed by atoms with Crippen LogP contribution in [-0.4, -0.2) is 41.2 Å². The van der Waals surface area contributed by atoms with Gasteiger partial charge in [0, 0.05) is 19.3 Å². The summed E-state index contributed by atoms with van der Waals surface area (Å²) in [6, 6.07) is 3.59. The van der Waals surface area contributed by atoms with Crippen molar-refractivity contribution < 1.29 is 0 Å². The molecule has 0 aliphatic carbocycles. The minimum atomic E-state index is 0.604. The Kier molecular flexibility index (Phi) is 5.82. The fraction of sp³-hybridized carbons (Fsp3) is 0.538. The highest BCUT2D eigenvalue weighted by atomic mass is 35.5. The maximum atomic E-state index is 5.77. The van der Waals surface area contributed by atoms with E-state index in [9.17, 15) is 0 Å². The number of piperidine rings is 1. The third-order valence-electron chi connectivity index (χ3n) is 3.13. The van der Waals surface area contributed by atoms with E-state index in [1.807, 2.05) is 0 Å². The summed E-state index contributed by atoms with van der Waals surface area (Å²) in [5, 5.41) is 7.46. The normalized spacial score (nSPS) is 16.1. The standard InChI is InChI=1S/C13H19ClN4S/c14-11-4-5-12(16-10-11)17-13(19)15-6-9-18-7-2-1-3-8-18/h4-5,10H,1-3,6-9H2,(H2,15,16,17,19). The molecular formula is C13H19ClN4S. The second-order valence-electron chi connectivity index (χ2n) is 4.64. The maximum Gasteiger partial charge on any atom is 0.171 e. The molecule has 2 rings (SSSR count). The second kappa shape index (κ2) is 7.62. The van der Waals surface area contributed by atoms with Crippen LogP contribution in [0.15, 0.2) is 18.3 Å². The number of thiocarbonyl (C=S) groups is 1. The third kappa shape index (κ3) is 5.30. The summed E-state index contributed by atoms with van der Waals surface area (Å²) in [5.74, 6) is 0.708. The van der Waals surface area contributed by atoms with E-state index in [-0.39, 0.29) is 0 Å². The van der Waals surface area contributed by atoms with Crippen LogP contribution in [0.25, 0.3) is 0 Å². The molecule has 6 heteroatoms. The van der Waals surface area contributed by atoms with Crippen molar-refractivity contribution in [2.24, 2.45) is 0 Å². The molecule has 0 bridgehead atoms. The van der Waals surface area contributed by atoms with Crippen LogP contribution in [0.4, 0.5) is 5.82 Å². The van der Waals surface area contributed by atoms with Crippen LogP contribution in [0.2, 0.25) is 5.02 Å². The van der Waals surface area contributed by atoms with Crippen molar-refractivity contribution in [1.82, 2.24) is 15.2 Å². The van der Waals surface area contributed by atoms with E-state index in [0.29, 0.717) is 16.0 Å². The largest absolute Gasteiger partial charge is 0.361 e. The average Bonchev–Trinajstić information content (AvgIpc) is 2.43. The number of nitrogens with one attached hydrogen (secondary N) is 2. The predicted octanol–water partition coefficient (Wildman–Crippen LogP) is 2.51. The van der Waals surface area contributed by atoms with Gasteiger partial charge in [-0.1, -0.05) is 18.0 Å². The van der Waals surface area contributed by atoms with Crippen LogP contribution < -0.4 is 10.6 Å². The number of aromatic nitrogens is 1. The zero-order chi connectivity index (χ0) is 13.5. The van der Waals surface area contributed by atoms with E-state index < -0.39 is 0 Å². The lowest BCUT2D eigenvalue weighted by atomic mass is 10.1. The Balaban J connectivity index is 1.65.